The van der Waals surface area contributed by atoms with Gasteiger partial charge >= 0.3 is 6.43 Å². The summed E-state index contributed by atoms with van der Waals surface area (Å²) in [6.45, 7) is 0. The Balaban J connectivity index is 4.60. The summed E-state index contributed by atoms with van der Waals surface area (Å²) in [5.74, 6) is -1.44. The standard InChI is InChI=1S/C7H8F2N2O/c1-11(2)4-5(3-10)6(12)7(8)9/h4,7H,1-2H3. The Bertz CT molecular complexity index is 240. The van der Waals surface area contributed by atoms with Crippen molar-refractivity contribution in [2.45, 2.75) is 6.43 Å². The van der Waals surface area contributed by atoms with E-state index in [1.165, 1.54) is 25.1 Å². The van der Waals surface area contributed by atoms with Crippen LogP contribution in [-0.2, 0) is 4.79 Å². The fraction of sp³-hybridized carbons (Fsp3) is 0.429. The van der Waals surface area contributed by atoms with Crippen LogP contribution < -0.4 is 0 Å². The molecule has 12 heavy (non-hydrogen) atoms. The molecule has 66 valence electrons. The minimum atomic E-state index is -3.11. The van der Waals surface area contributed by atoms with Crippen LogP contribution in [0, 0.1) is 11.3 Å². The van der Waals surface area contributed by atoms with Gasteiger partial charge in [-0.3, -0.25) is 4.79 Å². The molecule has 0 aromatic heterocycles. The van der Waals surface area contributed by atoms with Crippen molar-refractivity contribution in [3.63, 3.8) is 0 Å². The summed E-state index contributed by atoms with van der Waals surface area (Å²) in [6.07, 6.45) is -2.05. The lowest BCUT2D eigenvalue weighted by Crippen LogP contribution is -2.14. The number of hydrogen-bond acceptors (Lipinski definition) is 3. The second kappa shape index (κ2) is 4.44. The van der Waals surface area contributed by atoms with Crippen LogP contribution in [0.4, 0.5) is 8.78 Å². The van der Waals surface area contributed by atoms with Crippen molar-refractivity contribution in [3.8, 4) is 6.07 Å². The number of halogens is 2. The number of carbonyl (C=O) groups is 1. The molecule has 0 fully saturated rings. The third-order valence-corrected chi connectivity index (χ3v) is 0.971. The van der Waals surface area contributed by atoms with E-state index in [0.717, 1.165) is 6.20 Å². The lowest BCUT2D eigenvalue weighted by Gasteiger charge is -2.04. The van der Waals surface area contributed by atoms with Gasteiger partial charge in [0.25, 0.3) is 0 Å². The fourth-order valence-corrected chi connectivity index (χ4v) is 0.523. The maximum atomic E-state index is 11.8. The van der Waals surface area contributed by atoms with Gasteiger partial charge in [0, 0.05) is 20.3 Å². The molecule has 0 radical (unpaired) electrons. The van der Waals surface area contributed by atoms with Gasteiger partial charge in [-0.2, -0.15) is 5.26 Å². The van der Waals surface area contributed by atoms with Crippen LogP contribution >= 0.6 is 0 Å². The van der Waals surface area contributed by atoms with Crippen molar-refractivity contribution >= 4 is 5.78 Å². The summed E-state index contributed by atoms with van der Waals surface area (Å²) in [6, 6.07) is 1.40. The van der Waals surface area contributed by atoms with E-state index in [0.29, 0.717) is 0 Å². The zero-order valence-corrected chi connectivity index (χ0v) is 6.71. The number of carbonyl (C=O) groups excluding carboxylic acids is 1. The van der Waals surface area contributed by atoms with Gasteiger partial charge in [0.1, 0.15) is 11.6 Å². The molecular weight excluding hydrogens is 166 g/mol. The Kier molecular flexibility index (Phi) is 3.91. The summed E-state index contributed by atoms with van der Waals surface area (Å²) in [5, 5.41) is 8.30. The smallest absolute Gasteiger partial charge is 0.301 e. The van der Waals surface area contributed by atoms with Crippen molar-refractivity contribution < 1.29 is 13.6 Å². The Morgan fingerprint density at radius 3 is 2.33 bits per heavy atom. The third-order valence-electron chi connectivity index (χ3n) is 0.971. The second-order valence-corrected chi connectivity index (χ2v) is 2.28. The first-order valence-corrected chi connectivity index (χ1v) is 3.09. The molecule has 0 saturated heterocycles. The van der Waals surface area contributed by atoms with Crippen LogP contribution in [0.5, 0.6) is 0 Å². The van der Waals surface area contributed by atoms with Crippen LogP contribution in [0.25, 0.3) is 0 Å². The van der Waals surface area contributed by atoms with Crippen molar-refractivity contribution in [1.82, 2.24) is 4.90 Å². The summed E-state index contributed by atoms with van der Waals surface area (Å²) in [7, 11) is 3.08. The molecule has 0 bridgehead atoms. The van der Waals surface area contributed by atoms with Gasteiger partial charge in [-0.1, -0.05) is 0 Å². The zero-order chi connectivity index (χ0) is 9.72. The highest BCUT2D eigenvalue weighted by Gasteiger charge is 2.20. The maximum absolute atomic E-state index is 11.8. The molecule has 0 N–H and O–H groups in total. The first-order chi connectivity index (χ1) is 5.49. The predicted molar refractivity (Wildman–Crippen MR) is 38.4 cm³/mol. The lowest BCUT2D eigenvalue weighted by molar-refractivity contribution is -0.125. The minimum Gasteiger partial charge on any atom is -0.382 e. The summed E-state index contributed by atoms with van der Waals surface area (Å²) >= 11 is 0. The van der Waals surface area contributed by atoms with Gasteiger partial charge < -0.3 is 4.90 Å². The Labute approximate surface area is 68.9 Å². The number of hydrogen-bond donors (Lipinski definition) is 0. The molecule has 0 aliphatic carbocycles. The molecule has 5 heteroatoms. The van der Waals surface area contributed by atoms with Crippen molar-refractivity contribution in [2.75, 3.05) is 14.1 Å². The molecule has 0 aliphatic rings. The highest BCUT2D eigenvalue weighted by Crippen LogP contribution is 2.04. The van der Waals surface area contributed by atoms with E-state index < -0.39 is 17.8 Å². The number of nitrogens with zero attached hydrogens (tertiary/aromatic N) is 2. The quantitative estimate of drug-likeness (QED) is 0.469. The lowest BCUT2D eigenvalue weighted by atomic mass is 10.2. The summed E-state index contributed by atoms with van der Waals surface area (Å²) in [4.78, 5) is 11.9. The van der Waals surface area contributed by atoms with Crippen LogP contribution in [0.3, 0.4) is 0 Å². The first-order valence-electron chi connectivity index (χ1n) is 3.09. The number of nitriles is 1. The van der Waals surface area contributed by atoms with Gasteiger partial charge in [0.2, 0.25) is 5.78 Å². The molecule has 0 unspecified atom stereocenters. The van der Waals surface area contributed by atoms with Gasteiger partial charge in [-0.25, -0.2) is 8.78 Å². The molecule has 0 aromatic rings. The second-order valence-electron chi connectivity index (χ2n) is 2.28. The highest BCUT2D eigenvalue weighted by atomic mass is 19.3. The molecule has 0 amide bonds. The number of alkyl halides is 2. The average Bonchev–Trinajstić information content (AvgIpc) is 1.98. The SMILES string of the molecule is CN(C)C=C(C#N)C(=O)C(F)F. The molecule has 0 rings (SSSR count). The van der Waals surface area contributed by atoms with E-state index in [1.807, 2.05) is 0 Å². The van der Waals surface area contributed by atoms with E-state index in [9.17, 15) is 13.6 Å². The van der Waals surface area contributed by atoms with E-state index in [-0.39, 0.29) is 0 Å². The number of allylic oxidation sites excluding steroid dienone is 1. The van der Waals surface area contributed by atoms with Crippen LogP contribution in [0.15, 0.2) is 11.8 Å². The fourth-order valence-electron chi connectivity index (χ4n) is 0.523. The van der Waals surface area contributed by atoms with Crippen molar-refractivity contribution in [2.24, 2.45) is 0 Å². The Hall–Kier alpha value is -1.44. The van der Waals surface area contributed by atoms with E-state index >= 15 is 0 Å². The molecule has 0 aliphatic heterocycles. The largest absolute Gasteiger partial charge is 0.382 e. The molecule has 0 spiro atoms. The summed E-state index contributed by atoms with van der Waals surface area (Å²) < 4.78 is 23.5. The normalized spacial score (nSPS) is 11.2. The highest BCUT2D eigenvalue weighted by molar-refractivity contribution is 6.01. The topological polar surface area (TPSA) is 44.1 Å². The Morgan fingerprint density at radius 1 is 1.58 bits per heavy atom. The number of rotatable bonds is 3. The van der Waals surface area contributed by atoms with Gasteiger partial charge in [0.05, 0.1) is 0 Å². The molecular formula is C7H8F2N2O. The van der Waals surface area contributed by atoms with Crippen LogP contribution in [-0.4, -0.2) is 31.2 Å². The predicted octanol–water partition coefficient (Wildman–Crippen LogP) is 0.790. The molecule has 0 aromatic carbocycles. The molecule has 0 heterocycles. The van der Waals surface area contributed by atoms with Crippen molar-refractivity contribution in [3.05, 3.63) is 11.8 Å². The van der Waals surface area contributed by atoms with Crippen molar-refractivity contribution in [1.29, 1.82) is 5.26 Å². The minimum absolute atomic E-state index is 0.532. The van der Waals surface area contributed by atoms with E-state index in [1.54, 1.807) is 0 Å². The first kappa shape index (κ1) is 10.6. The van der Waals surface area contributed by atoms with E-state index in [2.05, 4.69) is 0 Å². The monoisotopic (exact) mass is 174 g/mol. The zero-order valence-electron chi connectivity index (χ0n) is 6.71. The third kappa shape index (κ3) is 3.10. The average molecular weight is 174 g/mol. The number of ketones is 1. The molecule has 0 saturated carbocycles. The Morgan fingerprint density at radius 2 is 2.08 bits per heavy atom. The number of Topliss-reactive ketones (excluding diaryl/α,β-unsaturated/α-hetero) is 1. The summed E-state index contributed by atoms with van der Waals surface area (Å²) in [5.41, 5.74) is -0.532. The van der Waals surface area contributed by atoms with Gasteiger partial charge in [0.15, 0.2) is 0 Å². The van der Waals surface area contributed by atoms with Gasteiger partial charge in [-0.05, 0) is 0 Å². The van der Waals surface area contributed by atoms with Crippen LogP contribution in [0.2, 0.25) is 0 Å². The van der Waals surface area contributed by atoms with Crippen LogP contribution in [0.1, 0.15) is 0 Å². The molecule has 3 nitrogen and oxygen atoms in total. The van der Waals surface area contributed by atoms with E-state index in [4.69, 9.17) is 5.26 Å². The molecule has 0 atom stereocenters. The van der Waals surface area contributed by atoms with Gasteiger partial charge in [-0.15, -0.1) is 0 Å². The maximum Gasteiger partial charge on any atom is 0.301 e.